The number of carbonyl (C=O) groups excluding carboxylic acids is 2. The molecule has 2 aromatic carbocycles. The van der Waals surface area contributed by atoms with Crippen molar-refractivity contribution in [2.45, 2.75) is 9.92 Å². The van der Waals surface area contributed by atoms with Crippen molar-refractivity contribution in [3.05, 3.63) is 81.4 Å². The van der Waals surface area contributed by atoms with Crippen molar-refractivity contribution in [2.24, 2.45) is 0 Å². The van der Waals surface area contributed by atoms with Crippen molar-refractivity contribution in [1.82, 2.24) is 9.88 Å². The molecule has 1 heterocycles. The molecule has 5 nitrogen and oxygen atoms in total. The lowest BCUT2D eigenvalue weighted by atomic mass is 10.1. The zero-order valence-corrected chi connectivity index (χ0v) is 18.8. The molecule has 0 aliphatic carbocycles. The average molecular weight is 491 g/mol. The summed E-state index contributed by atoms with van der Waals surface area (Å²) in [5.41, 5.74) is 1.22. The first-order valence-corrected chi connectivity index (χ1v) is 10.5. The third-order valence-corrected chi connectivity index (χ3v) is 5.80. The van der Waals surface area contributed by atoms with Gasteiger partial charge in [-0.25, -0.2) is 4.98 Å². The van der Waals surface area contributed by atoms with Crippen LogP contribution in [0.4, 0.5) is 5.69 Å². The molecule has 1 aromatic heterocycles. The Kier molecular flexibility index (Phi) is 6.95. The molecule has 0 fully saturated rings. The first-order chi connectivity index (χ1) is 13.8. The van der Waals surface area contributed by atoms with E-state index in [2.05, 4.69) is 26.2 Å². The molecule has 0 atom stereocenters. The van der Waals surface area contributed by atoms with E-state index in [1.807, 2.05) is 24.3 Å². The van der Waals surface area contributed by atoms with Crippen LogP contribution in [0.1, 0.15) is 20.7 Å². The quantitative estimate of drug-likeness (QED) is 0.505. The maximum Gasteiger partial charge on any atom is 0.258 e. The van der Waals surface area contributed by atoms with Gasteiger partial charge in [0.15, 0.2) is 0 Å². The maximum atomic E-state index is 12.9. The van der Waals surface area contributed by atoms with E-state index in [0.29, 0.717) is 26.9 Å². The van der Waals surface area contributed by atoms with Gasteiger partial charge < -0.3 is 10.2 Å². The van der Waals surface area contributed by atoms with Crippen LogP contribution in [0.2, 0.25) is 5.02 Å². The molecular formula is C21H17BrClN3O2S. The topological polar surface area (TPSA) is 62.3 Å². The van der Waals surface area contributed by atoms with Crippen LogP contribution in [-0.4, -0.2) is 35.8 Å². The highest BCUT2D eigenvalue weighted by Gasteiger charge is 2.17. The fourth-order valence-electron chi connectivity index (χ4n) is 2.46. The lowest BCUT2D eigenvalue weighted by Gasteiger charge is -2.13. The minimum Gasteiger partial charge on any atom is -0.345 e. The summed E-state index contributed by atoms with van der Waals surface area (Å²) in [5.74, 6) is -0.529. The molecule has 8 heteroatoms. The first kappa shape index (κ1) is 21.4. The fraction of sp³-hybridized carbons (Fsp3) is 0.0952. The SMILES string of the molecule is CN(C)C(=O)c1ccc(Cl)c(NC(=O)c2cccnc2Sc2ccc(Br)cc2)c1. The summed E-state index contributed by atoms with van der Waals surface area (Å²) in [6.07, 6.45) is 1.64. The molecule has 0 spiro atoms. The third-order valence-electron chi connectivity index (χ3n) is 3.91. The summed E-state index contributed by atoms with van der Waals surface area (Å²) in [7, 11) is 3.33. The molecule has 0 radical (unpaired) electrons. The van der Waals surface area contributed by atoms with Crippen molar-refractivity contribution < 1.29 is 9.59 Å². The third kappa shape index (κ3) is 5.38. The molecule has 1 N–H and O–H groups in total. The van der Waals surface area contributed by atoms with E-state index in [4.69, 9.17) is 11.6 Å². The van der Waals surface area contributed by atoms with Crippen LogP contribution in [0, 0.1) is 0 Å². The van der Waals surface area contributed by atoms with Crippen molar-refractivity contribution >= 4 is 56.8 Å². The number of hydrogen-bond donors (Lipinski definition) is 1. The number of anilines is 1. The van der Waals surface area contributed by atoms with Gasteiger partial charge in [-0.1, -0.05) is 39.3 Å². The number of aromatic nitrogens is 1. The Morgan fingerprint density at radius 3 is 2.52 bits per heavy atom. The highest BCUT2D eigenvalue weighted by Crippen LogP contribution is 2.31. The summed E-state index contributed by atoms with van der Waals surface area (Å²) in [6, 6.07) is 15.9. The molecular weight excluding hydrogens is 474 g/mol. The van der Waals surface area contributed by atoms with E-state index >= 15 is 0 Å². The number of halogens is 2. The van der Waals surface area contributed by atoms with E-state index in [9.17, 15) is 9.59 Å². The van der Waals surface area contributed by atoms with Gasteiger partial charge in [0.25, 0.3) is 11.8 Å². The summed E-state index contributed by atoms with van der Waals surface area (Å²) < 4.78 is 0.975. The van der Waals surface area contributed by atoms with E-state index in [0.717, 1.165) is 9.37 Å². The zero-order valence-electron chi connectivity index (χ0n) is 15.6. The lowest BCUT2D eigenvalue weighted by molar-refractivity contribution is 0.0827. The number of carbonyl (C=O) groups is 2. The number of benzene rings is 2. The molecule has 0 saturated carbocycles. The van der Waals surface area contributed by atoms with E-state index in [1.165, 1.54) is 16.7 Å². The maximum absolute atomic E-state index is 12.9. The van der Waals surface area contributed by atoms with Gasteiger partial charge >= 0.3 is 0 Å². The van der Waals surface area contributed by atoms with Crippen LogP contribution in [0.5, 0.6) is 0 Å². The number of nitrogens with zero attached hydrogens (tertiary/aromatic N) is 2. The molecule has 0 saturated heterocycles. The lowest BCUT2D eigenvalue weighted by Crippen LogP contribution is -2.22. The predicted octanol–water partition coefficient (Wildman–Crippen LogP) is 5.60. The van der Waals surface area contributed by atoms with Crippen molar-refractivity contribution in [3.63, 3.8) is 0 Å². The Morgan fingerprint density at radius 1 is 1.10 bits per heavy atom. The molecule has 3 rings (SSSR count). The smallest absolute Gasteiger partial charge is 0.258 e. The zero-order chi connectivity index (χ0) is 21.0. The molecule has 0 aliphatic heterocycles. The van der Waals surface area contributed by atoms with Crippen molar-refractivity contribution in [2.75, 3.05) is 19.4 Å². The van der Waals surface area contributed by atoms with Gasteiger partial charge in [0.05, 0.1) is 16.3 Å². The molecule has 2 amide bonds. The Balaban J connectivity index is 1.86. The average Bonchev–Trinajstić information content (AvgIpc) is 2.71. The Labute approximate surface area is 186 Å². The van der Waals surface area contributed by atoms with Crippen LogP contribution >= 0.6 is 39.3 Å². The van der Waals surface area contributed by atoms with Gasteiger partial charge in [0, 0.05) is 35.2 Å². The number of rotatable bonds is 5. The summed E-state index contributed by atoms with van der Waals surface area (Å²) in [6.45, 7) is 0. The van der Waals surface area contributed by atoms with Crippen LogP contribution in [0.15, 0.2) is 75.2 Å². The monoisotopic (exact) mass is 489 g/mol. The van der Waals surface area contributed by atoms with Gasteiger partial charge in [0.1, 0.15) is 5.03 Å². The molecule has 0 bridgehead atoms. The second kappa shape index (κ2) is 9.43. The molecule has 29 heavy (non-hydrogen) atoms. The van der Waals surface area contributed by atoms with Crippen LogP contribution in [-0.2, 0) is 0 Å². The summed E-state index contributed by atoms with van der Waals surface area (Å²) >= 11 is 11.0. The van der Waals surface area contributed by atoms with E-state index in [1.54, 1.807) is 50.6 Å². The van der Waals surface area contributed by atoms with Crippen molar-refractivity contribution in [1.29, 1.82) is 0 Å². The summed E-state index contributed by atoms with van der Waals surface area (Å²) in [4.78, 5) is 31.9. The van der Waals surface area contributed by atoms with Gasteiger partial charge in [-0.05, 0) is 54.6 Å². The predicted molar refractivity (Wildman–Crippen MR) is 120 cm³/mol. The number of nitrogens with one attached hydrogen (secondary N) is 1. The highest BCUT2D eigenvalue weighted by molar-refractivity contribution is 9.10. The molecule has 148 valence electrons. The van der Waals surface area contributed by atoms with Gasteiger partial charge in [-0.2, -0.15) is 0 Å². The van der Waals surface area contributed by atoms with Gasteiger partial charge in [-0.3, -0.25) is 9.59 Å². The molecule has 0 aliphatic rings. The van der Waals surface area contributed by atoms with Gasteiger partial charge in [0.2, 0.25) is 0 Å². The molecule has 0 unspecified atom stereocenters. The first-order valence-electron chi connectivity index (χ1n) is 8.56. The fourth-order valence-corrected chi connectivity index (χ4v) is 3.77. The largest absolute Gasteiger partial charge is 0.345 e. The number of pyridine rings is 1. The Hall–Kier alpha value is -2.35. The number of amides is 2. The Bertz CT molecular complexity index is 1060. The van der Waals surface area contributed by atoms with Crippen LogP contribution < -0.4 is 5.32 Å². The van der Waals surface area contributed by atoms with Gasteiger partial charge in [-0.15, -0.1) is 0 Å². The van der Waals surface area contributed by atoms with Crippen LogP contribution in [0.3, 0.4) is 0 Å². The minimum absolute atomic E-state index is 0.176. The number of hydrogen-bond acceptors (Lipinski definition) is 4. The molecule has 3 aromatic rings. The van der Waals surface area contributed by atoms with Crippen LogP contribution in [0.25, 0.3) is 0 Å². The second-order valence-corrected chi connectivity index (χ2v) is 8.65. The van der Waals surface area contributed by atoms with E-state index in [-0.39, 0.29) is 11.8 Å². The summed E-state index contributed by atoms with van der Waals surface area (Å²) in [5, 5.41) is 3.71. The standard InChI is InChI=1S/C21H17BrClN3O2S/c1-26(2)21(28)13-5-10-17(23)18(12-13)25-19(27)16-4-3-11-24-20(16)29-15-8-6-14(22)7-9-15/h3-12H,1-2H3,(H,25,27). The second-order valence-electron chi connectivity index (χ2n) is 6.26. The normalized spacial score (nSPS) is 10.5. The Morgan fingerprint density at radius 2 is 1.83 bits per heavy atom. The van der Waals surface area contributed by atoms with E-state index < -0.39 is 0 Å². The highest BCUT2D eigenvalue weighted by atomic mass is 79.9. The van der Waals surface area contributed by atoms with Crippen molar-refractivity contribution in [3.8, 4) is 0 Å². The minimum atomic E-state index is -0.353.